The quantitative estimate of drug-likeness (QED) is 0.246. The highest BCUT2D eigenvalue weighted by atomic mass is 16.6. The average molecular weight is 646 g/mol. The number of likely N-dealkylation sites (N-methyl/N-ethyl adjacent to an activating group) is 1. The fourth-order valence-corrected chi connectivity index (χ4v) is 7.23. The summed E-state index contributed by atoms with van der Waals surface area (Å²) in [6.45, 7) is 3.49. The number of ether oxygens (including phenoxy) is 6. The first-order valence-electron chi connectivity index (χ1n) is 14.6. The molecule has 1 saturated heterocycles. The molecule has 15 heteroatoms. The second-order valence-electron chi connectivity index (χ2n) is 11.9. The van der Waals surface area contributed by atoms with E-state index >= 15 is 0 Å². The van der Waals surface area contributed by atoms with Crippen molar-refractivity contribution in [2.45, 2.75) is 87.9 Å². The maximum atomic E-state index is 13.8. The number of ketones is 1. The summed E-state index contributed by atoms with van der Waals surface area (Å²) in [5.41, 5.74) is -0.680. The molecule has 2 N–H and O–H groups in total. The van der Waals surface area contributed by atoms with Crippen LogP contribution in [0.2, 0.25) is 0 Å². The molecular weight excluding hydrogens is 610 g/mol. The SMILES string of the molecule is COc1ccc2c3c1O[C@H]1C(OC(=O)[C@H](OC(C)=O)[C@@H](OC(C)=O)C(=O)O[C@@H](CC(C)=O)C(=O)O)=CC[C@@]4(O)[C@@H](C2)N(C)CC[C@]314. The van der Waals surface area contributed by atoms with Gasteiger partial charge in [0, 0.05) is 31.9 Å². The Kier molecular flexibility index (Phi) is 8.59. The summed E-state index contributed by atoms with van der Waals surface area (Å²) in [5.74, 6) is -6.62. The van der Waals surface area contributed by atoms with Gasteiger partial charge in [-0.2, -0.15) is 0 Å². The Hall–Kier alpha value is -4.50. The van der Waals surface area contributed by atoms with Gasteiger partial charge in [-0.25, -0.2) is 14.4 Å². The van der Waals surface area contributed by atoms with Crippen LogP contribution < -0.4 is 9.47 Å². The van der Waals surface area contributed by atoms with Crippen LogP contribution in [0.4, 0.5) is 0 Å². The topological polar surface area (TPSA) is 202 Å². The van der Waals surface area contributed by atoms with E-state index in [1.54, 1.807) is 6.07 Å². The number of aliphatic hydroxyl groups is 1. The van der Waals surface area contributed by atoms with Crippen LogP contribution in [0, 0.1) is 0 Å². The van der Waals surface area contributed by atoms with Crippen LogP contribution in [0.25, 0.3) is 0 Å². The number of aliphatic carboxylic acids is 1. The number of piperidine rings is 1. The highest BCUT2D eigenvalue weighted by molar-refractivity contribution is 5.91. The van der Waals surface area contributed by atoms with E-state index < -0.39 is 77.5 Å². The highest BCUT2D eigenvalue weighted by Crippen LogP contribution is 2.65. The third-order valence-corrected chi connectivity index (χ3v) is 9.11. The summed E-state index contributed by atoms with van der Waals surface area (Å²) in [5, 5.41) is 21.8. The second-order valence-corrected chi connectivity index (χ2v) is 11.9. The Bertz CT molecular complexity index is 1530. The van der Waals surface area contributed by atoms with Crippen LogP contribution in [-0.2, 0) is 59.6 Å². The van der Waals surface area contributed by atoms with Crippen LogP contribution in [0.3, 0.4) is 0 Å². The molecule has 46 heavy (non-hydrogen) atoms. The van der Waals surface area contributed by atoms with E-state index in [-0.39, 0.29) is 18.2 Å². The first kappa shape index (κ1) is 32.9. The van der Waals surface area contributed by atoms with E-state index in [4.69, 9.17) is 28.4 Å². The molecule has 0 aromatic heterocycles. The van der Waals surface area contributed by atoms with Gasteiger partial charge < -0.3 is 43.5 Å². The van der Waals surface area contributed by atoms with Crippen LogP contribution >= 0.6 is 0 Å². The van der Waals surface area contributed by atoms with Crippen LogP contribution in [0.1, 0.15) is 51.2 Å². The summed E-state index contributed by atoms with van der Waals surface area (Å²) in [6.07, 6.45) is -5.76. The lowest BCUT2D eigenvalue weighted by Crippen LogP contribution is -2.74. The predicted octanol–water partition coefficient (Wildman–Crippen LogP) is 0.355. The Balaban J connectivity index is 1.51. The smallest absolute Gasteiger partial charge is 0.357 e. The molecule has 15 nitrogen and oxygen atoms in total. The molecule has 248 valence electrons. The lowest BCUT2D eigenvalue weighted by Gasteiger charge is -2.61. The minimum atomic E-state index is -2.29. The Morgan fingerprint density at radius 3 is 2.26 bits per heavy atom. The lowest BCUT2D eigenvalue weighted by atomic mass is 9.50. The minimum absolute atomic E-state index is 0.0452. The molecule has 2 aliphatic heterocycles. The fourth-order valence-electron chi connectivity index (χ4n) is 7.23. The van der Waals surface area contributed by atoms with Crippen molar-refractivity contribution in [2.75, 3.05) is 20.7 Å². The number of likely N-dealkylation sites (tertiary alicyclic amines) is 1. The first-order valence-corrected chi connectivity index (χ1v) is 14.6. The van der Waals surface area contributed by atoms with Gasteiger partial charge in [-0.05, 0) is 51.1 Å². The summed E-state index contributed by atoms with van der Waals surface area (Å²) >= 11 is 0. The number of hydrogen-bond acceptors (Lipinski definition) is 14. The molecule has 4 aliphatic rings. The van der Waals surface area contributed by atoms with Gasteiger partial charge in [0.05, 0.1) is 24.5 Å². The zero-order chi connectivity index (χ0) is 33.7. The first-order chi connectivity index (χ1) is 21.6. The lowest BCUT2D eigenvalue weighted by molar-refractivity contribution is -0.195. The fraction of sp³-hybridized carbons (Fsp3) is 0.548. The Morgan fingerprint density at radius 2 is 1.67 bits per heavy atom. The molecule has 1 fully saturated rings. The minimum Gasteiger partial charge on any atom is -0.493 e. The molecule has 0 unspecified atom stereocenters. The van der Waals surface area contributed by atoms with Gasteiger partial charge in [-0.3, -0.25) is 14.4 Å². The molecule has 7 atom stereocenters. The van der Waals surface area contributed by atoms with Crippen molar-refractivity contribution in [1.29, 1.82) is 0 Å². The van der Waals surface area contributed by atoms with Gasteiger partial charge in [-0.1, -0.05) is 6.07 Å². The number of carboxylic acids is 1. The second kappa shape index (κ2) is 12.0. The molecule has 2 bridgehead atoms. The van der Waals surface area contributed by atoms with E-state index in [2.05, 4.69) is 4.90 Å². The highest BCUT2D eigenvalue weighted by Gasteiger charge is 2.72. The number of nitrogens with zero attached hydrogens (tertiary/aromatic N) is 1. The molecule has 1 spiro atoms. The molecule has 5 rings (SSSR count). The van der Waals surface area contributed by atoms with Crippen molar-refractivity contribution in [1.82, 2.24) is 4.90 Å². The zero-order valence-electron chi connectivity index (χ0n) is 25.9. The van der Waals surface area contributed by atoms with Crippen molar-refractivity contribution < 1.29 is 67.4 Å². The van der Waals surface area contributed by atoms with Crippen molar-refractivity contribution in [3.63, 3.8) is 0 Å². The number of methoxy groups -OCH3 is 1. The van der Waals surface area contributed by atoms with E-state index in [0.29, 0.717) is 30.9 Å². The largest absolute Gasteiger partial charge is 0.493 e. The van der Waals surface area contributed by atoms with Gasteiger partial charge in [0.15, 0.2) is 17.6 Å². The normalized spacial score (nSPS) is 27.4. The molecule has 1 aromatic carbocycles. The van der Waals surface area contributed by atoms with E-state index in [1.807, 2.05) is 13.1 Å². The number of benzene rings is 1. The van der Waals surface area contributed by atoms with Crippen LogP contribution in [0.5, 0.6) is 11.5 Å². The van der Waals surface area contributed by atoms with Gasteiger partial charge >= 0.3 is 29.8 Å². The van der Waals surface area contributed by atoms with Gasteiger partial charge in [-0.15, -0.1) is 0 Å². The standard InChI is InChI=1S/C31H35NO14/c1-14(33)12-20(27(36)37)45-29(39)25(43-16(3)35)24(42-15(2)34)28(38)44-19-8-9-31(40)21-13-17-6-7-18(41-5)23-22(17)30(31,26(19)46-23)10-11-32(21)4/h6-8,20-21,24-26,40H,9-13H2,1-5H3,(H,36,37)/t20-,21+,24+,25+,26-,30-,31+/m0/s1. The van der Waals surface area contributed by atoms with Crippen molar-refractivity contribution in [2.24, 2.45) is 0 Å². The number of hydrogen-bond donors (Lipinski definition) is 2. The molecule has 1 aromatic rings. The summed E-state index contributed by atoms with van der Waals surface area (Å²) in [6, 6.07) is 3.39. The van der Waals surface area contributed by atoms with E-state index in [1.165, 1.54) is 13.2 Å². The third-order valence-electron chi connectivity index (χ3n) is 9.11. The number of carbonyl (C=O) groups excluding carboxylic acids is 5. The molecule has 0 amide bonds. The number of esters is 4. The molecule has 2 aliphatic carbocycles. The predicted molar refractivity (Wildman–Crippen MR) is 151 cm³/mol. The molecule has 0 saturated carbocycles. The summed E-state index contributed by atoms with van der Waals surface area (Å²) in [4.78, 5) is 76.2. The van der Waals surface area contributed by atoms with Gasteiger partial charge in [0.2, 0.25) is 18.3 Å². The van der Waals surface area contributed by atoms with Crippen molar-refractivity contribution in [3.05, 3.63) is 35.1 Å². The maximum absolute atomic E-state index is 13.8. The monoisotopic (exact) mass is 645 g/mol. The molecule has 2 heterocycles. The van der Waals surface area contributed by atoms with E-state index in [0.717, 1.165) is 31.9 Å². The summed E-state index contributed by atoms with van der Waals surface area (Å²) < 4.78 is 32.7. The zero-order valence-corrected chi connectivity index (χ0v) is 25.9. The number of rotatable bonds is 11. The van der Waals surface area contributed by atoms with Gasteiger partial charge in [0.1, 0.15) is 11.5 Å². The van der Waals surface area contributed by atoms with Crippen molar-refractivity contribution >= 4 is 35.6 Å². The summed E-state index contributed by atoms with van der Waals surface area (Å²) in [7, 11) is 3.41. The van der Waals surface area contributed by atoms with Crippen LogP contribution in [-0.4, -0.2) is 108 Å². The number of carbonyl (C=O) groups is 6. The average Bonchev–Trinajstić information content (AvgIpc) is 3.33. The third kappa shape index (κ3) is 5.26. The number of carboxylic acid groups (broad SMARTS) is 1. The Labute approximate surface area is 263 Å². The van der Waals surface area contributed by atoms with Crippen LogP contribution in [0.15, 0.2) is 24.0 Å². The van der Waals surface area contributed by atoms with E-state index in [9.17, 15) is 39.0 Å². The molecule has 0 radical (unpaired) electrons. The van der Waals surface area contributed by atoms with Gasteiger partial charge in [0.25, 0.3) is 0 Å². The number of Topliss-reactive ketones (excluding diaryl/α,β-unsaturated/α-hetero) is 1. The van der Waals surface area contributed by atoms with Crippen molar-refractivity contribution in [3.8, 4) is 11.5 Å². The maximum Gasteiger partial charge on any atom is 0.357 e. The Morgan fingerprint density at radius 1 is 1.02 bits per heavy atom. The molecular formula is C31H35NO14.